The summed E-state index contributed by atoms with van der Waals surface area (Å²) in [4.78, 5) is 32.6. The average molecular weight is 498 g/mol. The van der Waals surface area contributed by atoms with Crippen LogP contribution in [0.15, 0.2) is 46.2 Å². The van der Waals surface area contributed by atoms with E-state index in [0.717, 1.165) is 22.3 Å². The second-order valence-electron chi connectivity index (χ2n) is 9.82. The summed E-state index contributed by atoms with van der Waals surface area (Å²) in [6.45, 7) is 2.54. The number of benzene rings is 2. The standard InChI is InChI=1S/C28H27N5O4/c29-15-20-11-19-12-21(30-24(19)14-26(20)37-17-18-5-6-18)13-25-22-3-1-2-4-23(22)28(35)33(31-25)16-27(34)32-7-9-36-10-8-32/h1-4,11,14,18H,5-10,12-13,16-17H2. The molecule has 2 aromatic carbocycles. The van der Waals surface area contributed by atoms with Gasteiger partial charge in [-0.25, -0.2) is 4.68 Å². The molecule has 0 unspecified atom stereocenters. The highest BCUT2D eigenvalue weighted by Crippen LogP contribution is 2.36. The zero-order valence-corrected chi connectivity index (χ0v) is 20.5. The maximum absolute atomic E-state index is 13.2. The van der Waals surface area contributed by atoms with Gasteiger partial charge in [-0.3, -0.25) is 14.6 Å². The van der Waals surface area contributed by atoms with Crippen LogP contribution in [0, 0.1) is 17.2 Å². The van der Waals surface area contributed by atoms with Crippen LogP contribution in [0.2, 0.25) is 0 Å². The number of amides is 1. The van der Waals surface area contributed by atoms with Gasteiger partial charge in [0.2, 0.25) is 5.91 Å². The van der Waals surface area contributed by atoms with Gasteiger partial charge < -0.3 is 14.4 Å². The van der Waals surface area contributed by atoms with Crippen LogP contribution in [0.4, 0.5) is 5.69 Å². The minimum absolute atomic E-state index is 0.114. The summed E-state index contributed by atoms with van der Waals surface area (Å²) in [5.41, 5.74) is 3.61. The van der Waals surface area contributed by atoms with Crippen LogP contribution in [-0.4, -0.2) is 59.2 Å². The first-order valence-electron chi connectivity index (χ1n) is 12.7. The molecule has 1 aliphatic carbocycles. The number of aromatic nitrogens is 2. The monoisotopic (exact) mass is 497 g/mol. The predicted molar refractivity (Wildman–Crippen MR) is 137 cm³/mol. The summed E-state index contributed by atoms with van der Waals surface area (Å²) < 4.78 is 12.5. The molecule has 9 heteroatoms. The van der Waals surface area contributed by atoms with Gasteiger partial charge >= 0.3 is 0 Å². The van der Waals surface area contributed by atoms with Crippen LogP contribution in [0.3, 0.4) is 0 Å². The maximum Gasteiger partial charge on any atom is 0.275 e. The zero-order valence-electron chi connectivity index (χ0n) is 20.5. The topological polar surface area (TPSA) is 110 Å². The van der Waals surface area contributed by atoms with Crippen molar-refractivity contribution in [3.8, 4) is 11.8 Å². The molecule has 0 N–H and O–H groups in total. The SMILES string of the molecule is N#Cc1cc2c(cc1OCC1CC1)N=C(Cc1nn(CC(=O)N3CCOCC3)c(=O)c3ccccc13)C2. The van der Waals surface area contributed by atoms with E-state index in [0.29, 0.717) is 74.1 Å². The largest absolute Gasteiger partial charge is 0.492 e. The van der Waals surface area contributed by atoms with Gasteiger partial charge in [-0.05, 0) is 36.5 Å². The van der Waals surface area contributed by atoms with Gasteiger partial charge in [0.05, 0.1) is 42.2 Å². The number of rotatable bonds is 7. The van der Waals surface area contributed by atoms with Crippen LogP contribution < -0.4 is 10.3 Å². The first-order valence-corrected chi connectivity index (χ1v) is 12.7. The lowest BCUT2D eigenvalue weighted by molar-refractivity contribution is -0.136. The maximum atomic E-state index is 13.2. The van der Waals surface area contributed by atoms with Gasteiger partial charge in [-0.1, -0.05) is 18.2 Å². The smallest absolute Gasteiger partial charge is 0.275 e. The van der Waals surface area contributed by atoms with Gasteiger partial charge in [-0.2, -0.15) is 10.4 Å². The van der Waals surface area contributed by atoms with E-state index >= 15 is 0 Å². The van der Waals surface area contributed by atoms with Crippen molar-refractivity contribution in [3.63, 3.8) is 0 Å². The Bertz CT molecular complexity index is 1510. The van der Waals surface area contributed by atoms with Crippen LogP contribution >= 0.6 is 0 Å². The number of nitrogens with zero attached hydrogens (tertiary/aromatic N) is 5. The third kappa shape index (κ3) is 4.85. The molecule has 3 heterocycles. The van der Waals surface area contributed by atoms with E-state index in [1.165, 1.54) is 17.5 Å². The van der Waals surface area contributed by atoms with Crippen molar-refractivity contribution in [2.75, 3.05) is 32.9 Å². The number of morpholine rings is 1. The Morgan fingerprint density at radius 3 is 2.70 bits per heavy atom. The zero-order chi connectivity index (χ0) is 25.4. The fourth-order valence-electron chi connectivity index (χ4n) is 4.87. The Morgan fingerprint density at radius 1 is 1.16 bits per heavy atom. The van der Waals surface area contributed by atoms with Crippen molar-refractivity contribution in [1.29, 1.82) is 5.26 Å². The molecule has 9 nitrogen and oxygen atoms in total. The van der Waals surface area contributed by atoms with Crippen LogP contribution in [0.1, 0.15) is 29.7 Å². The highest BCUT2D eigenvalue weighted by Gasteiger charge is 2.25. The number of aliphatic imine (C=N–C) groups is 1. The molecule has 1 aromatic heterocycles. The lowest BCUT2D eigenvalue weighted by atomic mass is 10.0. The number of carbonyl (C=O) groups is 1. The van der Waals surface area contributed by atoms with E-state index in [1.54, 1.807) is 11.0 Å². The first-order chi connectivity index (χ1) is 18.1. The first kappa shape index (κ1) is 23.4. The summed E-state index contributed by atoms with van der Waals surface area (Å²) in [7, 11) is 0. The van der Waals surface area contributed by atoms with Crippen molar-refractivity contribution in [2.24, 2.45) is 10.9 Å². The second-order valence-corrected chi connectivity index (χ2v) is 9.82. The lowest BCUT2D eigenvalue weighted by Crippen LogP contribution is -2.44. The van der Waals surface area contributed by atoms with Gasteiger partial charge in [0.25, 0.3) is 5.56 Å². The van der Waals surface area contributed by atoms with Gasteiger partial charge in [0, 0.05) is 43.1 Å². The van der Waals surface area contributed by atoms with E-state index in [4.69, 9.17) is 14.5 Å². The minimum Gasteiger partial charge on any atom is -0.492 e. The number of fused-ring (bicyclic) bond motifs is 2. The fourth-order valence-corrected chi connectivity index (χ4v) is 4.87. The number of hydrogen-bond donors (Lipinski definition) is 0. The molecule has 0 spiro atoms. The van der Waals surface area contributed by atoms with Crippen LogP contribution in [0.25, 0.3) is 10.8 Å². The molecule has 0 bridgehead atoms. The molecule has 3 aliphatic rings. The molecule has 1 amide bonds. The Morgan fingerprint density at radius 2 is 1.95 bits per heavy atom. The Kier molecular flexibility index (Phi) is 6.18. The molecule has 2 aliphatic heterocycles. The van der Waals surface area contributed by atoms with Crippen molar-refractivity contribution >= 4 is 28.1 Å². The summed E-state index contributed by atoms with van der Waals surface area (Å²) in [6, 6.07) is 13.3. The van der Waals surface area contributed by atoms with Gasteiger partial charge in [0.15, 0.2) is 0 Å². The van der Waals surface area contributed by atoms with E-state index in [9.17, 15) is 14.9 Å². The van der Waals surface area contributed by atoms with Gasteiger partial charge in [0.1, 0.15) is 18.4 Å². The van der Waals surface area contributed by atoms with E-state index in [1.807, 2.05) is 30.3 Å². The van der Waals surface area contributed by atoms with Crippen molar-refractivity contribution in [3.05, 3.63) is 63.6 Å². The highest BCUT2D eigenvalue weighted by molar-refractivity contribution is 5.98. The third-order valence-electron chi connectivity index (χ3n) is 7.11. The summed E-state index contributed by atoms with van der Waals surface area (Å²) >= 11 is 0. The molecule has 0 atom stereocenters. The Labute approximate surface area is 213 Å². The Hall–Kier alpha value is -4.03. The Balaban J connectivity index is 1.28. The average Bonchev–Trinajstić information content (AvgIpc) is 3.68. The van der Waals surface area contributed by atoms with E-state index in [-0.39, 0.29) is 18.0 Å². The molecule has 1 saturated heterocycles. The summed E-state index contributed by atoms with van der Waals surface area (Å²) in [6.07, 6.45) is 3.38. The summed E-state index contributed by atoms with van der Waals surface area (Å²) in [5.74, 6) is 1.02. The van der Waals surface area contributed by atoms with Crippen LogP contribution in [0.5, 0.6) is 5.75 Å². The minimum atomic E-state index is -0.284. The molecule has 1 saturated carbocycles. The highest BCUT2D eigenvalue weighted by atomic mass is 16.5. The summed E-state index contributed by atoms with van der Waals surface area (Å²) in [5, 5.41) is 15.5. The molecular formula is C28H27N5O4. The fraction of sp³-hybridized carbons (Fsp3) is 0.393. The van der Waals surface area contributed by atoms with Crippen molar-refractivity contribution < 1.29 is 14.3 Å². The number of nitriles is 1. The molecule has 0 radical (unpaired) electrons. The predicted octanol–water partition coefficient (Wildman–Crippen LogP) is 2.79. The van der Waals surface area contributed by atoms with E-state index in [2.05, 4.69) is 11.2 Å². The molecule has 6 rings (SSSR count). The number of carbonyl (C=O) groups excluding carboxylic acids is 1. The normalized spacial score (nSPS) is 16.8. The molecule has 188 valence electrons. The van der Waals surface area contributed by atoms with Crippen LogP contribution in [-0.2, 0) is 28.9 Å². The van der Waals surface area contributed by atoms with Crippen molar-refractivity contribution in [1.82, 2.24) is 14.7 Å². The molecule has 3 aromatic rings. The lowest BCUT2D eigenvalue weighted by Gasteiger charge is -2.27. The molecule has 2 fully saturated rings. The quantitative estimate of drug-likeness (QED) is 0.497. The number of ether oxygens (including phenoxy) is 2. The third-order valence-corrected chi connectivity index (χ3v) is 7.11. The van der Waals surface area contributed by atoms with Crippen molar-refractivity contribution in [2.45, 2.75) is 32.2 Å². The number of hydrogen-bond acceptors (Lipinski definition) is 7. The second kappa shape index (κ2) is 9.79. The van der Waals surface area contributed by atoms with E-state index < -0.39 is 0 Å². The molecular weight excluding hydrogens is 470 g/mol. The van der Waals surface area contributed by atoms with Gasteiger partial charge in [-0.15, -0.1) is 0 Å². The molecule has 37 heavy (non-hydrogen) atoms.